The third kappa shape index (κ3) is 0.968. The molecule has 1 aliphatic rings. The number of Topliss-reactive ketones (excluding diaryl/α,β-unsaturated/α-hetero) is 1. The number of hydrogen-bond acceptors (Lipinski definition) is 2. The Labute approximate surface area is 79.2 Å². The molecule has 0 radical (unpaired) electrons. The molecule has 1 unspecified atom stereocenters. The molecule has 0 saturated carbocycles. The molecular formula is C10H7FO3. The van der Waals surface area contributed by atoms with Crippen LogP contribution in [0.3, 0.4) is 0 Å². The van der Waals surface area contributed by atoms with Crippen molar-refractivity contribution < 1.29 is 19.1 Å². The summed E-state index contributed by atoms with van der Waals surface area (Å²) in [6.45, 7) is 0. The van der Waals surface area contributed by atoms with Crippen molar-refractivity contribution in [1.82, 2.24) is 0 Å². The summed E-state index contributed by atoms with van der Waals surface area (Å²) in [6.07, 6.45) is -0.596. The van der Waals surface area contributed by atoms with Crippen molar-refractivity contribution in [3.8, 4) is 0 Å². The minimum Gasteiger partial charge on any atom is -0.479 e. The molecule has 0 heterocycles. The molecule has 1 N–H and O–H groups in total. The smallest absolute Gasteiger partial charge is 0.346 e. The number of carbonyl (C=O) groups is 2. The fourth-order valence-corrected chi connectivity index (χ4v) is 1.67. The SMILES string of the molecule is O=C1CC(F)(C(=O)O)c2ccccc21. The Morgan fingerprint density at radius 1 is 1.43 bits per heavy atom. The number of halogens is 1. The van der Waals surface area contributed by atoms with E-state index >= 15 is 0 Å². The summed E-state index contributed by atoms with van der Waals surface area (Å²) in [5.74, 6) is -2.05. The number of carboxylic acids is 1. The molecule has 2 rings (SSSR count). The number of hydrogen-bond donors (Lipinski definition) is 1. The standard InChI is InChI=1S/C10H7FO3/c11-10(9(13)14)5-8(12)6-3-1-2-4-7(6)10/h1-4H,5H2,(H,13,14). The number of ketones is 1. The number of fused-ring (bicyclic) bond motifs is 1. The highest BCUT2D eigenvalue weighted by atomic mass is 19.1. The first-order valence-electron chi connectivity index (χ1n) is 4.11. The van der Waals surface area contributed by atoms with E-state index in [0.717, 1.165) is 0 Å². The van der Waals surface area contributed by atoms with Crippen molar-refractivity contribution in [3.05, 3.63) is 35.4 Å². The highest BCUT2D eigenvalue weighted by Crippen LogP contribution is 2.40. The van der Waals surface area contributed by atoms with E-state index in [2.05, 4.69) is 0 Å². The van der Waals surface area contributed by atoms with E-state index in [-0.39, 0.29) is 11.1 Å². The lowest BCUT2D eigenvalue weighted by Crippen LogP contribution is -2.28. The lowest BCUT2D eigenvalue weighted by atomic mass is 9.98. The number of benzene rings is 1. The molecule has 4 heteroatoms. The van der Waals surface area contributed by atoms with Gasteiger partial charge in [-0.3, -0.25) is 4.79 Å². The van der Waals surface area contributed by atoms with Crippen molar-refractivity contribution in [3.63, 3.8) is 0 Å². The van der Waals surface area contributed by atoms with Crippen molar-refractivity contribution >= 4 is 11.8 Å². The molecule has 0 spiro atoms. The zero-order valence-electron chi connectivity index (χ0n) is 7.16. The summed E-state index contributed by atoms with van der Waals surface area (Å²) in [7, 11) is 0. The second-order valence-electron chi connectivity index (χ2n) is 3.25. The van der Waals surface area contributed by atoms with Crippen LogP contribution in [-0.2, 0) is 10.5 Å². The van der Waals surface area contributed by atoms with Gasteiger partial charge in [0.05, 0.1) is 6.42 Å². The van der Waals surface area contributed by atoms with Crippen LogP contribution < -0.4 is 0 Å². The normalized spacial score (nSPS) is 24.8. The molecule has 1 aliphatic carbocycles. The lowest BCUT2D eigenvalue weighted by Gasteiger charge is -2.13. The van der Waals surface area contributed by atoms with Crippen LogP contribution in [0.1, 0.15) is 22.3 Å². The monoisotopic (exact) mass is 194 g/mol. The fraction of sp³-hybridized carbons (Fsp3) is 0.200. The van der Waals surface area contributed by atoms with Crippen LogP contribution in [0.15, 0.2) is 24.3 Å². The zero-order valence-corrected chi connectivity index (χ0v) is 7.16. The molecule has 0 saturated heterocycles. The van der Waals surface area contributed by atoms with Crippen molar-refractivity contribution in [2.24, 2.45) is 0 Å². The Morgan fingerprint density at radius 3 is 2.71 bits per heavy atom. The van der Waals surface area contributed by atoms with Crippen molar-refractivity contribution in [2.45, 2.75) is 12.1 Å². The van der Waals surface area contributed by atoms with Crippen LogP contribution in [0, 0.1) is 0 Å². The minimum absolute atomic E-state index is 0.0301. The first-order chi connectivity index (χ1) is 6.55. The Morgan fingerprint density at radius 2 is 2.07 bits per heavy atom. The van der Waals surface area contributed by atoms with Gasteiger partial charge < -0.3 is 5.11 Å². The van der Waals surface area contributed by atoms with Gasteiger partial charge in [0.1, 0.15) is 0 Å². The number of alkyl halides is 1. The van der Waals surface area contributed by atoms with Gasteiger partial charge in [0.25, 0.3) is 0 Å². The molecule has 1 aromatic carbocycles. The number of carbonyl (C=O) groups excluding carboxylic acids is 1. The average Bonchev–Trinajstić information content (AvgIpc) is 2.42. The Hall–Kier alpha value is -1.71. The molecule has 0 fully saturated rings. The third-order valence-electron chi connectivity index (χ3n) is 2.40. The van der Waals surface area contributed by atoms with Gasteiger partial charge in [-0.2, -0.15) is 0 Å². The van der Waals surface area contributed by atoms with E-state index in [0.29, 0.717) is 0 Å². The van der Waals surface area contributed by atoms with Crippen LogP contribution in [0.5, 0.6) is 0 Å². The second kappa shape index (κ2) is 2.64. The quantitative estimate of drug-likeness (QED) is 0.737. The van der Waals surface area contributed by atoms with E-state index in [1.807, 2.05) is 0 Å². The summed E-state index contributed by atoms with van der Waals surface area (Å²) in [4.78, 5) is 22.0. The van der Waals surface area contributed by atoms with Crippen LogP contribution in [0.4, 0.5) is 4.39 Å². The second-order valence-corrected chi connectivity index (χ2v) is 3.25. The molecule has 0 bridgehead atoms. The highest BCUT2D eigenvalue weighted by molar-refractivity contribution is 6.06. The summed E-state index contributed by atoms with van der Waals surface area (Å²) in [5, 5.41) is 8.71. The van der Waals surface area contributed by atoms with E-state index in [4.69, 9.17) is 5.11 Å². The highest BCUT2D eigenvalue weighted by Gasteiger charge is 2.50. The molecule has 3 nitrogen and oxygen atoms in total. The van der Waals surface area contributed by atoms with Crippen LogP contribution in [0.2, 0.25) is 0 Å². The summed E-state index contributed by atoms with van der Waals surface area (Å²) in [6, 6.07) is 5.90. The molecule has 72 valence electrons. The molecule has 1 atom stereocenters. The Bertz CT molecular complexity index is 427. The van der Waals surface area contributed by atoms with Crippen LogP contribution in [0.25, 0.3) is 0 Å². The lowest BCUT2D eigenvalue weighted by molar-refractivity contribution is -0.151. The topological polar surface area (TPSA) is 54.4 Å². The molecule has 0 aliphatic heterocycles. The van der Waals surface area contributed by atoms with E-state index in [1.165, 1.54) is 18.2 Å². The van der Waals surface area contributed by atoms with Gasteiger partial charge in [0.2, 0.25) is 5.67 Å². The maximum atomic E-state index is 13.9. The Kier molecular flexibility index (Phi) is 1.67. The maximum absolute atomic E-state index is 13.9. The molecule has 1 aromatic rings. The minimum atomic E-state index is -2.53. The number of carboxylic acid groups (broad SMARTS) is 1. The van der Waals surface area contributed by atoms with Crippen LogP contribution in [-0.4, -0.2) is 16.9 Å². The van der Waals surface area contributed by atoms with Gasteiger partial charge in [-0.25, -0.2) is 9.18 Å². The van der Waals surface area contributed by atoms with Gasteiger partial charge >= 0.3 is 5.97 Å². The van der Waals surface area contributed by atoms with E-state index < -0.39 is 23.8 Å². The van der Waals surface area contributed by atoms with Crippen LogP contribution >= 0.6 is 0 Å². The molecule has 0 aromatic heterocycles. The summed E-state index contributed by atoms with van der Waals surface area (Å²) >= 11 is 0. The Balaban J connectivity index is 2.65. The van der Waals surface area contributed by atoms with Gasteiger partial charge in [0.15, 0.2) is 5.78 Å². The predicted octanol–water partition coefficient (Wildman–Crippen LogP) is 1.52. The molecular weight excluding hydrogens is 187 g/mol. The summed E-state index contributed by atoms with van der Waals surface area (Å²) in [5.41, 5.74) is -2.39. The first kappa shape index (κ1) is 8.87. The zero-order chi connectivity index (χ0) is 10.3. The van der Waals surface area contributed by atoms with Gasteiger partial charge in [-0.15, -0.1) is 0 Å². The van der Waals surface area contributed by atoms with E-state index in [9.17, 15) is 14.0 Å². The number of rotatable bonds is 1. The third-order valence-corrected chi connectivity index (χ3v) is 2.40. The van der Waals surface area contributed by atoms with Gasteiger partial charge in [-0.1, -0.05) is 24.3 Å². The molecule has 0 amide bonds. The van der Waals surface area contributed by atoms with Crippen molar-refractivity contribution in [1.29, 1.82) is 0 Å². The first-order valence-corrected chi connectivity index (χ1v) is 4.11. The van der Waals surface area contributed by atoms with Gasteiger partial charge in [-0.05, 0) is 0 Å². The average molecular weight is 194 g/mol. The maximum Gasteiger partial charge on any atom is 0.346 e. The molecule has 14 heavy (non-hydrogen) atoms. The van der Waals surface area contributed by atoms with Gasteiger partial charge in [0, 0.05) is 11.1 Å². The summed E-state index contributed by atoms with van der Waals surface area (Å²) < 4.78 is 13.9. The predicted molar refractivity (Wildman–Crippen MR) is 45.8 cm³/mol. The fourth-order valence-electron chi connectivity index (χ4n) is 1.67. The number of aliphatic carboxylic acids is 1. The van der Waals surface area contributed by atoms with E-state index in [1.54, 1.807) is 6.07 Å². The van der Waals surface area contributed by atoms with Crippen molar-refractivity contribution in [2.75, 3.05) is 0 Å². The largest absolute Gasteiger partial charge is 0.479 e.